The van der Waals surface area contributed by atoms with Gasteiger partial charge in [0.25, 0.3) is 5.91 Å². The summed E-state index contributed by atoms with van der Waals surface area (Å²) in [5.74, 6) is 0.452. The number of anilines is 1. The summed E-state index contributed by atoms with van der Waals surface area (Å²) in [4.78, 5) is 31.2. The van der Waals surface area contributed by atoms with E-state index in [0.717, 1.165) is 18.4 Å². The lowest BCUT2D eigenvalue weighted by molar-refractivity contribution is 0.00355. The van der Waals surface area contributed by atoms with E-state index in [1.54, 1.807) is 17.3 Å². The van der Waals surface area contributed by atoms with Crippen LogP contribution >= 0.6 is 0 Å². The van der Waals surface area contributed by atoms with Crippen LogP contribution in [0.25, 0.3) is 0 Å². The molecule has 2 aromatic heterocycles. The van der Waals surface area contributed by atoms with E-state index < -0.39 is 0 Å². The first-order valence-corrected chi connectivity index (χ1v) is 8.42. The third-order valence-corrected chi connectivity index (χ3v) is 4.74. The molecule has 0 unspecified atom stereocenters. The molecule has 4 rings (SSSR count). The van der Waals surface area contributed by atoms with Crippen LogP contribution in [0.3, 0.4) is 0 Å². The first kappa shape index (κ1) is 15.9. The Morgan fingerprint density at radius 1 is 1.24 bits per heavy atom. The Balaban J connectivity index is 1.46. The molecule has 2 aliphatic rings. The minimum absolute atomic E-state index is 0.0556. The van der Waals surface area contributed by atoms with Crippen LogP contribution in [-0.2, 0) is 10.3 Å². The number of nitrogens with one attached hydrogen (secondary N) is 1. The van der Waals surface area contributed by atoms with Crippen molar-refractivity contribution in [1.29, 1.82) is 0 Å². The second-order valence-electron chi connectivity index (χ2n) is 6.55. The highest BCUT2D eigenvalue weighted by atomic mass is 16.5. The van der Waals surface area contributed by atoms with Gasteiger partial charge in [-0.3, -0.25) is 4.79 Å². The highest BCUT2D eigenvalue weighted by Crippen LogP contribution is 2.47. The van der Waals surface area contributed by atoms with E-state index in [4.69, 9.17) is 4.74 Å². The summed E-state index contributed by atoms with van der Waals surface area (Å²) < 4.78 is 5.38. The van der Waals surface area contributed by atoms with Gasteiger partial charge in [-0.15, -0.1) is 0 Å². The lowest BCUT2D eigenvalue weighted by atomic mass is 10.1. The summed E-state index contributed by atoms with van der Waals surface area (Å²) in [6.45, 7) is 3.70. The zero-order valence-corrected chi connectivity index (χ0v) is 14.1. The van der Waals surface area contributed by atoms with E-state index in [9.17, 15) is 4.79 Å². The summed E-state index contributed by atoms with van der Waals surface area (Å²) in [5.41, 5.74) is 1.33. The predicted octanol–water partition coefficient (Wildman–Crippen LogP) is 1.23. The third-order valence-electron chi connectivity index (χ3n) is 4.74. The number of rotatable bonds is 4. The molecule has 1 aliphatic carbocycles. The maximum Gasteiger partial charge on any atom is 0.257 e. The second-order valence-corrected chi connectivity index (χ2v) is 6.55. The van der Waals surface area contributed by atoms with E-state index in [1.165, 1.54) is 6.33 Å². The summed E-state index contributed by atoms with van der Waals surface area (Å²) >= 11 is 0. The molecule has 0 aromatic carbocycles. The predicted molar refractivity (Wildman–Crippen MR) is 89.9 cm³/mol. The highest BCUT2D eigenvalue weighted by Gasteiger charge is 2.45. The summed E-state index contributed by atoms with van der Waals surface area (Å²) in [5, 5.41) is 3.35. The van der Waals surface area contributed by atoms with Crippen LogP contribution in [0.1, 0.15) is 35.7 Å². The van der Waals surface area contributed by atoms with Gasteiger partial charge in [-0.1, -0.05) is 0 Å². The number of nitrogens with zero attached hydrogens (tertiary/aromatic N) is 5. The largest absolute Gasteiger partial charge is 0.377 e. The lowest BCUT2D eigenvalue weighted by Crippen LogP contribution is -2.47. The van der Waals surface area contributed by atoms with Gasteiger partial charge < -0.3 is 15.0 Å². The van der Waals surface area contributed by atoms with Crippen LogP contribution in [0.4, 0.5) is 5.95 Å². The highest BCUT2D eigenvalue weighted by molar-refractivity contribution is 5.94. The number of morpholine rings is 1. The van der Waals surface area contributed by atoms with Crippen LogP contribution in [0.2, 0.25) is 0 Å². The van der Waals surface area contributed by atoms with Crippen molar-refractivity contribution in [2.24, 2.45) is 0 Å². The molecule has 1 atom stereocenters. The summed E-state index contributed by atoms with van der Waals surface area (Å²) in [6.07, 6.45) is 10.3. The zero-order chi connectivity index (χ0) is 17.3. The SMILES string of the molecule is C[C@H]1COCCN1C(=O)c1cnc(NC2(c3cncnc3)CC2)nc1. The normalized spacial score (nSPS) is 21.6. The topological polar surface area (TPSA) is 93.1 Å². The van der Waals surface area contributed by atoms with Gasteiger partial charge in [-0.2, -0.15) is 0 Å². The molecular weight excluding hydrogens is 320 g/mol. The molecule has 1 saturated carbocycles. The molecule has 2 fully saturated rings. The van der Waals surface area contributed by atoms with Gasteiger partial charge >= 0.3 is 0 Å². The molecule has 8 nitrogen and oxygen atoms in total. The molecular formula is C17H20N6O2. The molecule has 3 heterocycles. The molecule has 130 valence electrons. The lowest BCUT2D eigenvalue weighted by Gasteiger charge is -2.33. The number of aromatic nitrogens is 4. The molecule has 0 bridgehead atoms. The van der Waals surface area contributed by atoms with Crippen molar-refractivity contribution in [1.82, 2.24) is 24.8 Å². The molecule has 1 N–H and O–H groups in total. The minimum Gasteiger partial charge on any atom is -0.377 e. The van der Waals surface area contributed by atoms with Gasteiger partial charge in [-0.25, -0.2) is 19.9 Å². The first-order chi connectivity index (χ1) is 12.2. The molecule has 0 spiro atoms. The Hall–Kier alpha value is -2.61. The maximum absolute atomic E-state index is 12.6. The van der Waals surface area contributed by atoms with Gasteiger partial charge in [0.1, 0.15) is 6.33 Å². The number of amides is 1. The van der Waals surface area contributed by atoms with Gasteiger partial charge in [-0.05, 0) is 19.8 Å². The molecule has 1 amide bonds. The van der Waals surface area contributed by atoms with E-state index in [2.05, 4.69) is 25.3 Å². The number of hydrogen-bond donors (Lipinski definition) is 1. The Morgan fingerprint density at radius 2 is 1.96 bits per heavy atom. The second kappa shape index (κ2) is 6.36. The number of hydrogen-bond acceptors (Lipinski definition) is 7. The van der Waals surface area contributed by atoms with Gasteiger partial charge in [0.05, 0.1) is 30.4 Å². The minimum atomic E-state index is -0.189. The summed E-state index contributed by atoms with van der Waals surface area (Å²) in [7, 11) is 0. The Bertz CT molecular complexity index is 747. The van der Waals surface area contributed by atoms with Crippen LogP contribution < -0.4 is 5.32 Å². The fourth-order valence-electron chi connectivity index (χ4n) is 3.07. The van der Waals surface area contributed by atoms with E-state index in [-0.39, 0.29) is 17.5 Å². The Kier molecular flexibility index (Phi) is 4.04. The van der Waals surface area contributed by atoms with E-state index >= 15 is 0 Å². The molecule has 0 radical (unpaired) electrons. The zero-order valence-electron chi connectivity index (χ0n) is 14.1. The molecule has 25 heavy (non-hydrogen) atoms. The maximum atomic E-state index is 12.6. The van der Waals surface area contributed by atoms with Crippen molar-refractivity contribution in [2.45, 2.75) is 31.3 Å². The smallest absolute Gasteiger partial charge is 0.257 e. The first-order valence-electron chi connectivity index (χ1n) is 8.42. The average molecular weight is 340 g/mol. The van der Waals surface area contributed by atoms with Crippen LogP contribution in [-0.4, -0.2) is 56.5 Å². The van der Waals surface area contributed by atoms with Crippen LogP contribution in [0, 0.1) is 0 Å². The monoisotopic (exact) mass is 340 g/mol. The molecule has 8 heteroatoms. The van der Waals surface area contributed by atoms with Gasteiger partial charge in [0.15, 0.2) is 0 Å². The van der Waals surface area contributed by atoms with Crippen LogP contribution in [0.15, 0.2) is 31.1 Å². The number of ether oxygens (including phenoxy) is 1. The van der Waals surface area contributed by atoms with Crippen molar-refractivity contribution in [3.05, 3.63) is 42.2 Å². The van der Waals surface area contributed by atoms with Crippen molar-refractivity contribution >= 4 is 11.9 Å². The van der Waals surface area contributed by atoms with Crippen molar-refractivity contribution in [3.8, 4) is 0 Å². The van der Waals surface area contributed by atoms with Crippen LogP contribution in [0.5, 0.6) is 0 Å². The number of carbonyl (C=O) groups excluding carboxylic acids is 1. The summed E-state index contributed by atoms with van der Waals surface area (Å²) in [6, 6.07) is 0.0619. The van der Waals surface area contributed by atoms with E-state index in [1.807, 2.05) is 19.3 Å². The molecule has 1 aliphatic heterocycles. The standard InChI is InChI=1S/C17H20N6O2/c1-12-10-25-5-4-23(12)15(24)13-6-20-16(21-7-13)22-17(2-3-17)14-8-18-11-19-9-14/h6-9,11-12H,2-5,10H2,1H3,(H,20,21,22)/t12-/m0/s1. The van der Waals surface area contributed by atoms with Crippen molar-refractivity contribution in [2.75, 3.05) is 25.1 Å². The van der Waals surface area contributed by atoms with Gasteiger partial charge in [0, 0.05) is 36.9 Å². The van der Waals surface area contributed by atoms with Gasteiger partial charge in [0.2, 0.25) is 5.95 Å². The van der Waals surface area contributed by atoms with E-state index in [0.29, 0.717) is 31.3 Å². The molecule has 2 aromatic rings. The Morgan fingerprint density at radius 3 is 2.60 bits per heavy atom. The average Bonchev–Trinajstić information content (AvgIpc) is 3.44. The molecule has 1 saturated heterocycles. The van der Waals surface area contributed by atoms with Crippen molar-refractivity contribution in [3.63, 3.8) is 0 Å². The van der Waals surface area contributed by atoms with Crippen molar-refractivity contribution < 1.29 is 9.53 Å². The number of carbonyl (C=O) groups is 1. The fourth-order valence-corrected chi connectivity index (χ4v) is 3.07. The quantitative estimate of drug-likeness (QED) is 0.894. The fraction of sp³-hybridized carbons (Fsp3) is 0.471. The third kappa shape index (κ3) is 3.17. The Labute approximate surface area is 145 Å².